The van der Waals surface area contributed by atoms with Crippen molar-refractivity contribution in [3.05, 3.63) is 119 Å². The number of carbonyl (C=O) groups is 1. The first-order chi connectivity index (χ1) is 17.4. The highest BCUT2D eigenvalue weighted by Gasteiger charge is 2.22. The zero-order valence-corrected chi connectivity index (χ0v) is 20.3. The summed E-state index contributed by atoms with van der Waals surface area (Å²) in [6, 6.07) is 29.0. The van der Waals surface area contributed by atoms with Gasteiger partial charge < -0.3 is 15.1 Å². The number of phenols is 2. The molecule has 5 rings (SSSR count). The molecule has 6 heteroatoms. The second-order valence-electron chi connectivity index (χ2n) is 8.61. The lowest BCUT2D eigenvalue weighted by molar-refractivity contribution is 0.0982. The Kier molecular flexibility index (Phi) is 6.32. The molecule has 0 aliphatic carbocycles. The van der Waals surface area contributed by atoms with Crippen molar-refractivity contribution < 1.29 is 15.0 Å². The standard InChI is InChI=1S/C30H23ClN2O3/c1-19-16-22-4-2-3-5-27(22)32-29(19)21-8-12-24(13-9-21)33(18-20-6-10-23(31)11-7-20)30(36)26-15-14-25(34)17-28(26)35/h2-17,34-35H,18H2,1H3. The fraction of sp³-hybridized carbons (Fsp3) is 0.0667. The van der Waals surface area contributed by atoms with Gasteiger partial charge in [-0.05, 0) is 66.6 Å². The number of hydrogen-bond donors (Lipinski definition) is 2. The van der Waals surface area contributed by atoms with Crippen molar-refractivity contribution >= 4 is 34.1 Å². The minimum absolute atomic E-state index is 0.0953. The molecule has 0 saturated carbocycles. The molecule has 0 aliphatic heterocycles. The number of amides is 1. The van der Waals surface area contributed by atoms with Crippen LogP contribution in [0.2, 0.25) is 5.02 Å². The fourth-order valence-corrected chi connectivity index (χ4v) is 4.34. The van der Waals surface area contributed by atoms with Crippen LogP contribution in [0.25, 0.3) is 22.2 Å². The first-order valence-electron chi connectivity index (χ1n) is 11.4. The Morgan fingerprint density at radius 2 is 1.61 bits per heavy atom. The largest absolute Gasteiger partial charge is 0.508 e. The van der Waals surface area contributed by atoms with Crippen LogP contribution in [0.1, 0.15) is 21.5 Å². The van der Waals surface area contributed by atoms with Crippen molar-refractivity contribution in [2.45, 2.75) is 13.5 Å². The molecule has 1 aromatic heterocycles. The van der Waals surface area contributed by atoms with E-state index in [9.17, 15) is 15.0 Å². The highest BCUT2D eigenvalue weighted by atomic mass is 35.5. The molecule has 4 aromatic carbocycles. The van der Waals surface area contributed by atoms with E-state index in [2.05, 4.69) is 6.07 Å². The van der Waals surface area contributed by atoms with E-state index in [1.54, 1.807) is 17.0 Å². The predicted octanol–water partition coefficient (Wildman–Crippen LogP) is 7.12. The fourth-order valence-electron chi connectivity index (χ4n) is 4.21. The molecule has 5 nitrogen and oxygen atoms in total. The second-order valence-corrected chi connectivity index (χ2v) is 9.05. The van der Waals surface area contributed by atoms with Gasteiger partial charge in [-0.25, -0.2) is 4.98 Å². The summed E-state index contributed by atoms with van der Waals surface area (Å²) in [4.78, 5) is 20.0. The van der Waals surface area contributed by atoms with Crippen molar-refractivity contribution in [1.82, 2.24) is 4.98 Å². The number of halogens is 1. The molecule has 0 radical (unpaired) electrons. The van der Waals surface area contributed by atoms with Gasteiger partial charge in [-0.15, -0.1) is 0 Å². The molecule has 2 N–H and O–H groups in total. The van der Waals surface area contributed by atoms with Crippen LogP contribution >= 0.6 is 11.6 Å². The molecule has 0 aliphatic rings. The van der Waals surface area contributed by atoms with Crippen LogP contribution in [0.15, 0.2) is 97.1 Å². The van der Waals surface area contributed by atoms with E-state index in [0.717, 1.165) is 39.4 Å². The summed E-state index contributed by atoms with van der Waals surface area (Å²) in [7, 11) is 0. The number of anilines is 1. The number of fused-ring (bicyclic) bond motifs is 1. The topological polar surface area (TPSA) is 73.7 Å². The van der Waals surface area contributed by atoms with E-state index < -0.39 is 5.91 Å². The third-order valence-electron chi connectivity index (χ3n) is 6.08. The highest BCUT2D eigenvalue weighted by molar-refractivity contribution is 6.30. The first-order valence-corrected chi connectivity index (χ1v) is 11.8. The quantitative estimate of drug-likeness (QED) is 0.273. The van der Waals surface area contributed by atoms with Crippen molar-refractivity contribution in [2.24, 2.45) is 0 Å². The Labute approximate surface area is 213 Å². The Morgan fingerprint density at radius 1 is 0.889 bits per heavy atom. The van der Waals surface area contributed by atoms with E-state index >= 15 is 0 Å². The molecular formula is C30H23ClN2O3. The summed E-state index contributed by atoms with van der Waals surface area (Å²) in [5.41, 5.74) is 5.43. The molecule has 1 amide bonds. The Hall–Kier alpha value is -4.35. The van der Waals surface area contributed by atoms with Crippen molar-refractivity contribution in [2.75, 3.05) is 4.90 Å². The zero-order chi connectivity index (χ0) is 25.2. The minimum atomic E-state index is -0.393. The third kappa shape index (κ3) is 4.74. The lowest BCUT2D eigenvalue weighted by Gasteiger charge is -2.24. The first kappa shape index (κ1) is 23.4. The monoisotopic (exact) mass is 494 g/mol. The number of aromatic hydroxyl groups is 2. The Balaban J connectivity index is 1.53. The molecular weight excluding hydrogens is 472 g/mol. The zero-order valence-electron chi connectivity index (χ0n) is 19.5. The third-order valence-corrected chi connectivity index (χ3v) is 6.33. The van der Waals surface area contributed by atoms with Crippen LogP contribution in [0, 0.1) is 6.92 Å². The number of benzene rings is 4. The average molecular weight is 495 g/mol. The van der Waals surface area contributed by atoms with Crippen LogP contribution in [-0.4, -0.2) is 21.1 Å². The highest BCUT2D eigenvalue weighted by Crippen LogP contribution is 2.30. The molecule has 1 heterocycles. The Bertz CT molecular complexity index is 1560. The summed E-state index contributed by atoms with van der Waals surface area (Å²) in [5.74, 6) is -0.792. The van der Waals surface area contributed by atoms with E-state index in [1.165, 1.54) is 12.1 Å². The summed E-state index contributed by atoms with van der Waals surface area (Å²) >= 11 is 6.04. The van der Waals surface area contributed by atoms with Gasteiger partial charge in [0.25, 0.3) is 5.91 Å². The molecule has 178 valence electrons. The van der Waals surface area contributed by atoms with Gasteiger partial charge in [-0.3, -0.25) is 4.79 Å². The lowest BCUT2D eigenvalue weighted by atomic mass is 10.0. The average Bonchev–Trinajstić information content (AvgIpc) is 2.88. The summed E-state index contributed by atoms with van der Waals surface area (Å²) in [6.07, 6.45) is 0. The van der Waals surface area contributed by atoms with Crippen molar-refractivity contribution in [3.8, 4) is 22.8 Å². The smallest absolute Gasteiger partial charge is 0.262 e. The number of nitrogens with zero attached hydrogens (tertiary/aromatic N) is 2. The van der Waals surface area contributed by atoms with Crippen molar-refractivity contribution in [3.63, 3.8) is 0 Å². The van der Waals surface area contributed by atoms with Crippen LogP contribution in [0.5, 0.6) is 11.5 Å². The summed E-state index contributed by atoms with van der Waals surface area (Å²) in [6.45, 7) is 2.30. The van der Waals surface area contributed by atoms with E-state index in [1.807, 2.05) is 67.6 Å². The summed E-state index contributed by atoms with van der Waals surface area (Å²) < 4.78 is 0. The van der Waals surface area contributed by atoms with Gasteiger partial charge in [0.2, 0.25) is 0 Å². The normalized spacial score (nSPS) is 10.9. The van der Waals surface area contributed by atoms with E-state index in [0.29, 0.717) is 10.7 Å². The van der Waals surface area contributed by atoms with Gasteiger partial charge >= 0.3 is 0 Å². The van der Waals surface area contributed by atoms with Crippen LogP contribution < -0.4 is 4.90 Å². The van der Waals surface area contributed by atoms with Gasteiger partial charge in [0.15, 0.2) is 0 Å². The maximum Gasteiger partial charge on any atom is 0.262 e. The van der Waals surface area contributed by atoms with Gasteiger partial charge in [0.1, 0.15) is 11.5 Å². The Morgan fingerprint density at radius 3 is 2.33 bits per heavy atom. The van der Waals surface area contributed by atoms with Crippen molar-refractivity contribution in [1.29, 1.82) is 0 Å². The van der Waals surface area contributed by atoms with Gasteiger partial charge in [0.05, 0.1) is 23.3 Å². The SMILES string of the molecule is Cc1cc2ccccc2nc1-c1ccc(N(Cc2ccc(Cl)cc2)C(=O)c2ccc(O)cc2O)cc1. The maximum atomic E-state index is 13.6. The summed E-state index contributed by atoms with van der Waals surface area (Å²) in [5, 5.41) is 21.7. The van der Waals surface area contributed by atoms with Crippen LogP contribution in [0.4, 0.5) is 5.69 Å². The van der Waals surface area contributed by atoms with E-state index in [-0.39, 0.29) is 23.6 Å². The molecule has 0 saturated heterocycles. The number of aryl methyl sites for hydroxylation is 1. The van der Waals surface area contributed by atoms with Crippen LogP contribution in [0.3, 0.4) is 0 Å². The van der Waals surface area contributed by atoms with Gasteiger partial charge in [0, 0.05) is 27.7 Å². The van der Waals surface area contributed by atoms with Crippen LogP contribution in [-0.2, 0) is 6.54 Å². The number of phenolic OH excluding ortho intramolecular Hbond substituents is 2. The van der Waals surface area contributed by atoms with Gasteiger partial charge in [-0.2, -0.15) is 0 Å². The lowest BCUT2D eigenvalue weighted by Crippen LogP contribution is -2.30. The molecule has 0 unspecified atom stereocenters. The molecule has 0 atom stereocenters. The number of pyridine rings is 1. The number of aromatic nitrogens is 1. The number of carbonyl (C=O) groups excluding carboxylic acids is 1. The predicted molar refractivity (Wildman–Crippen MR) is 144 cm³/mol. The number of hydrogen-bond acceptors (Lipinski definition) is 4. The molecule has 0 bridgehead atoms. The number of rotatable bonds is 5. The van der Waals surface area contributed by atoms with E-state index in [4.69, 9.17) is 16.6 Å². The molecule has 0 spiro atoms. The molecule has 5 aromatic rings. The molecule has 0 fully saturated rings. The number of para-hydroxylation sites is 1. The molecule has 36 heavy (non-hydrogen) atoms. The minimum Gasteiger partial charge on any atom is -0.508 e. The maximum absolute atomic E-state index is 13.6. The second kappa shape index (κ2) is 9.72. The van der Waals surface area contributed by atoms with Gasteiger partial charge in [-0.1, -0.05) is 54.1 Å².